The third kappa shape index (κ3) is 4.57. The van der Waals surface area contributed by atoms with Gasteiger partial charge in [0, 0.05) is 19.6 Å². The third-order valence-electron chi connectivity index (χ3n) is 4.22. The maximum atomic E-state index is 5.88. The molecule has 1 aliphatic rings. The van der Waals surface area contributed by atoms with Crippen LogP contribution in [0.2, 0.25) is 0 Å². The molecular formula is C20H25NO2. The van der Waals surface area contributed by atoms with Crippen molar-refractivity contribution in [3.05, 3.63) is 65.2 Å². The Kier molecular flexibility index (Phi) is 5.67. The standard InChI is InChI=1S/C20H25NO2/c1-16(18-6-3-2-4-7-18)22-12-5-11-21-15-17-8-9-20-19(14-17)10-13-23-20/h2-4,6-9,14,16,21H,5,10-13,15H2,1H3. The first-order valence-corrected chi connectivity index (χ1v) is 8.45. The Balaban J connectivity index is 1.31. The van der Waals surface area contributed by atoms with E-state index in [4.69, 9.17) is 9.47 Å². The molecule has 1 atom stereocenters. The summed E-state index contributed by atoms with van der Waals surface area (Å²) in [4.78, 5) is 0. The van der Waals surface area contributed by atoms with Crippen LogP contribution < -0.4 is 10.1 Å². The zero-order chi connectivity index (χ0) is 15.9. The third-order valence-corrected chi connectivity index (χ3v) is 4.22. The molecule has 2 aromatic carbocycles. The fourth-order valence-electron chi connectivity index (χ4n) is 2.86. The summed E-state index contributed by atoms with van der Waals surface area (Å²) in [5.41, 5.74) is 3.90. The summed E-state index contributed by atoms with van der Waals surface area (Å²) in [6, 6.07) is 16.8. The molecule has 3 heteroatoms. The van der Waals surface area contributed by atoms with E-state index in [1.807, 2.05) is 6.07 Å². The topological polar surface area (TPSA) is 30.5 Å². The van der Waals surface area contributed by atoms with Crippen molar-refractivity contribution < 1.29 is 9.47 Å². The highest BCUT2D eigenvalue weighted by molar-refractivity contribution is 5.39. The molecule has 0 saturated carbocycles. The van der Waals surface area contributed by atoms with Crippen LogP contribution in [0, 0.1) is 0 Å². The SMILES string of the molecule is CC(OCCCNCc1ccc2c(c1)CCO2)c1ccccc1. The number of fused-ring (bicyclic) bond motifs is 1. The van der Waals surface area contributed by atoms with Gasteiger partial charge in [0.1, 0.15) is 5.75 Å². The number of rotatable bonds is 8. The summed E-state index contributed by atoms with van der Waals surface area (Å²) in [5.74, 6) is 1.05. The van der Waals surface area contributed by atoms with Crippen molar-refractivity contribution in [2.75, 3.05) is 19.8 Å². The fraction of sp³-hybridized carbons (Fsp3) is 0.400. The number of benzene rings is 2. The van der Waals surface area contributed by atoms with Crippen LogP contribution in [0.3, 0.4) is 0 Å². The Morgan fingerprint density at radius 1 is 1.17 bits per heavy atom. The van der Waals surface area contributed by atoms with E-state index in [2.05, 4.69) is 54.7 Å². The zero-order valence-electron chi connectivity index (χ0n) is 13.8. The molecule has 2 aromatic rings. The van der Waals surface area contributed by atoms with Crippen molar-refractivity contribution >= 4 is 0 Å². The van der Waals surface area contributed by atoms with Gasteiger partial charge in [-0.3, -0.25) is 0 Å². The monoisotopic (exact) mass is 311 g/mol. The molecule has 122 valence electrons. The highest BCUT2D eigenvalue weighted by atomic mass is 16.5. The highest BCUT2D eigenvalue weighted by Crippen LogP contribution is 2.25. The summed E-state index contributed by atoms with van der Waals surface area (Å²) >= 11 is 0. The van der Waals surface area contributed by atoms with Gasteiger partial charge in [0.05, 0.1) is 12.7 Å². The van der Waals surface area contributed by atoms with Crippen LogP contribution in [0.15, 0.2) is 48.5 Å². The Labute approximate surface area is 138 Å². The van der Waals surface area contributed by atoms with Gasteiger partial charge in [-0.05, 0) is 42.6 Å². The van der Waals surface area contributed by atoms with Gasteiger partial charge in [0.25, 0.3) is 0 Å². The Bertz CT molecular complexity index is 612. The molecule has 1 unspecified atom stereocenters. The Morgan fingerprint density at radius 3 is 2.91 bits per heavy atom. The van der Waals surface area contributed by atoms with E-state index in [0.29, 0.717) is 0 Å². The highest BCUT2D eigenvalue weighted by Gasteiger charge is 2.11. The van der Waals surface area contributed by atoms with Crippen molar-refractivity contribution in [3.8, 4) is 5.75 Å². The molecular weight excluding hydrogens is 286 g/mol. The van der Waals surface area contributed by atoms with Crippen molar-refractivity contribution in [3.63, 3.8) is 0 Å². The molecule has 3 rings (SSSR count). The first kappa shape index (κ1) is 16.0. The van der Waals surface area contributed by atoms with Crippen LogP contribution >= 0.6 is 0 Å². The molecule has 23 heavy (non-hydrogen) atoms. The Hall–Kier alpha value is -1.84. The molecule has 0 aromatic heterocycles. The summed E-state index contributed by atoms with van der Waals surface area (Å²) in [5, 5.41) is 3.49. The summed E-state index contributed by atoms with van der Waals surface area (Å²) in [7, 11) is 0. The van der Waals surface area contributed by atoms with Crippen molar-refractivity contribution in [2.45, 2.75) is 32.4 Å². The summed E-state index contributed by atoms with van der Waals surface area (Å²) in [6.07, 6.45) is 2.22. The second-order valence-corrected chi connectivity index (χ2v) is 5.99. The minimum Gasteiger partial charge on any atom is -0.493 e. The zero-order valence-corrected chi connectivity index (χ0v) is 13.8. The lowest BCUT2D eigenvalue weighted by atomic mass is 10.1. The lowest BCUT2D eigenvalue weighted by Crippen LogP contribution is -2.16. The van der Waals surface area contributed by atoms with E-state index in [1.54, 1.807) is 0 Å². The van der Waals surface area contributed by atoms with Gasteiger partial charge >= 0.3 is 0 Å². The number of hydrogen-bond donors (Lipinski definition) is 1. The van der Waals surface area contributed by atoms with Crippen LogP contribution in [-0.4, -0.2) is 19.8 Å². The number of ether oxygens (including phenoxy) is 2. The van der Waals surface area contributed by atoms with E-state index in [1.165, 1.54) is 16.7 Å². The average Bonchev–Trinajstić information content (AvgIpc) is 3.06. The molecule has 0 amide bonds. The van der Waals surface area contributed by atoms with E-state index in [-0.39, 0.29) is 6.10 Å². The molecule has 1 aliphatic heterocycles. The van der Waals surface area contributed by atoms with Crippen LogP contribution in [0.1, 0.15) is 36.1 Å². The average molecular weight is 311 g/mol. The lowest BCUT2D eigenvalue weighted by molar-refractivity contribution is 0.0640. The van der Waals surface area contributed by atoms with Gasteiger partial charge in [-0.25, -0.2) is 0 Å². The summed E-state index contributed by atoms with van der Waals surface area (Å²) in [6.45, 7) is 5.58. The van der Waals surface area contributed by atoms with Crippen molar-refractivity contribution in [2.24, 2.45) is 0 Å². The van der Waals surface area contributed by atoms with E-state index >= 15 is 0 Å². The first-order chi connectivity index (χ1) is 11.3. The second kappa shape index (κ2) is 8.14. The van der Waals surface area contributed by atoms with Gasteiger partial charge in [0.15, 0.2) is 0 Å². The minimum absolute atomic E-state index is 0.160. The maximum Gasteiger partial charge on any atom is 0.122 e. The quantitative estimate of drug-likeness (QED) is 0.751. The molecule has 0 fully saturated rings. The molecule has 0 spiro atoms. The van der Waals surface area contributed by atoms with Gasteiger partial charge in [-0.15, -0.1) is 0 Å². The minimum atomic E-state index is 0.160. The number of nitrogens with one attached hydrogen (secondary N) is 1. The van der Waals surface area contributed by atoms with E-state index < -0.39 is 0 Å². The molecule has 0 saturated heterocycles. The molecule has 0 radical (unpaired) electrons. The summed E-state index contributed by atoms with van der Waals surface area (Å²) < 4.78 is 11.4. The predicted octanol–water partition coefficient (Wildman–Crippen LogP) is 3.88. The maximum absolute atomic E-state index is 5.88. The van der Waals surface area contributed by atoms with E-state index in [9.17, 15) is 0 Å². The molecule has 1 N–H and O–H groups in total. The van der Waals surface area contributed by atoms with Gasteiger partial charge in [-0.1, -0.05) is 42.5 Å². The second-order valence-electron chi connectivity index (χ2n) is 5.99. The van der Waals surface area contributed by atoms with Gasteiger partial charge < -0.3 is 14.8 Å². The van der Waals surface area contributed by atoms with Crippen LogP contribution in [0.5, 0.6) is 5.75 Å². The van der Waals surface area contributed by atoms with Gasteiger partial charge in [-0.2, -0.15) is 0 Å². The van der Waals surface area contributed by atoms with E-state index in [0.717, 1.165) is 44.9 Å². The smallest absolute Gasteiger partial charge is 0.122 e. The Morgan fingerprint density at radius 2 is 2.04 bits per heavy atom. The fourth-order valence-corrected chi connectivity index (χ4v) is 2.86. The largest absolute Gasteiger partial charge is 0.493 e. The molecule has 0 bridgehead atoms. The molecule has 0 aliphatic carbocycles. The first-order valence-electron chi connectivity index (χ1n) is 8.45. The van der Waals surface area contributed by atoms with Crippen LogP contribution in [0.4, 0.5) is 0 Å². The predicted molar refractivity (Wildman–Crippen MR) is 92.8 cm³/mol. The molecule has 1 heterocycles. The normalized spacial score (nSPS) is 14.3. The molecule has 3 nitrogen and oxygen atoms in total. The lowest BCUT2D eigenvalue weighted by Gasteiger charge is -2.13. The van der Waals surface area contributed by atoms with Crippen LogP contribution in [-0.2, 0) is 17.7 Å². The number of hydrogen-bond acceptors (Lipinski definition) is 3. The van der Waals surface area contributed by atoms with Crippen molar-refractivity contribution in [1.29, 1.82) is 0 Å². The van der Waals surface area contributed by atoms with Gasteiger partial charge in [0.2, 0.25) is 0 Å². The van der Waals surface area contributed by atoms with Crippen LogP contribution in [0.25, 0.3) is 0 Å². The van der Waals surface area contributed by atoms with Crippen molar-refractivity contribution in [1.82, 2.24) is 5.32 Å².